The third-order valence-electron chi connectivity index (χ3n) is 5.75. The molecule has 2 fully saturated rings. The van der Waals surface area contributed by atoms with Gasteiger partial charge in [0.15, 0.2) is 0 Å². The Hall–Kier alpha value is -0.610. The predicted molar refractivity (Wildman–Crippen MR) is 85.2 cm³/mol. The van der Waals surface area contributed by atoms with Gasteiger partial charge in [0, 0.05) is 6.54 Å². The molecule has 0 aromatic rings. The van der Waals surface area contributed by atoms with Gasteiger partial charge in [0.25, 0.3) is 0 Å². The smallest absolute Gasteiger partial charge is 0.327 e. The van der Waals surface area contributed by atoms with Gasteiger partial charge in [-0.05, 0) is 64.1 Å². The summed E-state index contributed by atoms with van der Waals surface area (Å²) in [5, 5.41) is 3.33. The summed E-state index contributed by atoms with van der Waals surface area (Å²) in [5.41, 5.74) is -0.00171. The summed E-state index contributed by atoms with van der Waals surface area (Å²) < 4.78 is 5.38. The second-order valence-electron chi connectivity index (χ2n) is 7.16. The molecule has 0 spiro atoms. The van der Waals surface area contributed by atoms with Crippen LogP contribution in [0.25, 0.3) is 0 Å². The van der Waals surface area contributed by atoms with E-state index >= 15 is 0 Å². The van der Waals surface area contributed by atoms with Crippen molar-refractivity contribution in [1.82, 2.24) is 10.2 Å². The first kappa shape index (κ1) is 16.8. The van der Waals surface area contributed by atoms with Crippen LogP contribution < -0.4 is 5.32 Å². The number of piperidine rings is 1. The standard InChI is InChI=1S/C17H32N2O2/c1-5-16(3)9-11-19(12-10-16)13-17(18-4,14-7-8-14)15(20)21-6-2/h14,18H,5-13H2,1-4H3. The molecule has 122 valence electrons. The van der Waals surface area contributed by atoms with Crippen molar-refractivity contribution in [3.63, 3.8) is 0 Å². The summed E-state index contributed by atoms with van der Waals surface area (Å²) >= 11 is 0. The molecular formula is C17H32N2O2. The lowest BCUT2D eigenvalue weighted by atomic mass is 9.78. The molecule has 1 saturated carbocycles. The van der Waals surface area contributed by atoms with E-state index < -0.39 is 5.54 Å². The first-order chi connectivity index (χ1) is 9.99. The van der Waals surface area contributed by atoms with Gasteiger partial charge in [-0.25, -0.2) is 4.79 Å². The minimum Gasteiger partial charge on any atom is -0.465 e. The molecule has 2 rings (SSSR count). The molecule has 1 unspecified atom stereocenters. The molecule has 2 aliphatic rings. The van der Waals surface area contributed by atoms with E-state index in [9.17, 15) is 4.79 Å². The van der Waals surface area contributed by atoms with E-state index in [0.717, 1.165) is 32.5 Å². The van der Waals surface area contributed by atoms with Gasteiger partial charge in [0.2, 0.25) is 0 Å². The fourth-order valence-corrected chi connectivity index (χ4v) is 3.54. The number of hydrogen-bond acceptors (Lipinski definition) is 4. The second-order valence-corrected chi connectivity index (χ2v) is 7.16. The number of esters is 1. The van der Waals surface area contributed by atoms with E-state index in [0.29, 0.717) is 17.9 Å². The van der Waals surface area contributed by atoms with Gasteiger partial charge in [-0.2, -0.15) is 0 Å². The van der Waals surface area contributed by atoms with E-state index in [-0.39, 0.29) is 5.97 Å². The van der Waals surface area contributed by atoms with E-state index in [1.54, 1.807) is 0 Å². The number of likely N-dealkylation sites (N-methyl/N-ethyl adjacent to an activating group) is 1. The summed E-state index contributed by atoms with van der Waals surface area (Å²) in [5.74, 6) is 0.389. The molecule has 1 aliphatic carbocycles. The Morgan fingerprint density at radius 3 is 2.38 bits per heavy atom. The fourth-order valence-electron chi connectivity index (χ4n) is 3.54. The average Bonchev–Trinajstić information content (AvgIpc) is 3.32. The van der Waals surface area contributed by atoms with Crippen molar-refractivity contribution in [2.75, 3.05) is 33.3 Å². The number of carbonyl (C=O) groups is 1. The van der Waals surface area contributed by atoms with Gasteiger partial charge in [-0.1, -0.05) is 20.3 Å². The van der Waals surface area contributed by atoms with Crippen molar-refractivity contribution < 1.29 is 9.53 Å². The Morgan fingerprint density at radius 2 is 1.95 bits per heavy atom. The third kappa shape index (κ3) is 3.59. The van der Waals surface area contributed by atoms with Gasteiger partial charge in [0.05, 0.1) is 6.61 Å². The summed E-state index contributed by atoms with van der Waals surface area (Å²) in [7, 11) is 1.91. The number of carbonyl (C=O) groups excluding carboxylic acids is 1. The van der Waals surface area contributed by atoms with E-state index in [2.05, 4.69) is 24.1 Å². The van der Waals surface area contributed by atoms with E-state index in [1.165, 1.54) is 19.3 Å². The van der Waals surface area contributed by atoms with Crippen LogP contribution >= 0.6 is 0 Å². The van der Waals surface area contributed by atoms with Gasteiger partial charge in [0.1, 0.15) is 5.54 Å². The van der Waals surface area contributed by atoms with Crippen molar-refractivity contribution in [3.05, 3.63) is 0 Å². The van der Waals surface area contributed by atoms with Crippen LogP contribution in [-0.2, 0) is 9.53 Å². The summed E-state index contributed by atoms with van der Waals surface area (Å²) in [4.78, 5) is 15.0. The Morgan fingerprint density at radius 1 is 1.33 bits per heavy atom. The van der Waals surface area contributed by atoms with Crippen molar-refractivity contribution in [3.8, 4) is 0 Å². The molecule has 1 aliphatic heterocycles. The number of rotatable bonds is 7. The molecule has 0 amide bonds. The topological polar surface area (TPSA) is 41.6 Å². The quantitative estimate of drug-likeness (QED) is 0.733. The number of likely N-dealkylation sites (tertiary alicyclic amines) is 1. The highest BCUT2D eigenvalue weighted by Gasteiger charge is 2.52. The molecule has 4 nitrogen and oxygen atoms in total. The van der Waals surface area contributed by atoms with Crippen LogP contribution in [0.5, 0.6) is 0 Å². The lowest BCUT2D eigenvalue weighted by Gasteiger charge is -2.43. The first-order valence-electron chi connectivity index (χ1n) is 8.58. The normalized spacial score (nSPS) is 25.3. The van der Waals surface area contributed by atoms with Crippen molar-refractivity contribution >= 4 is 5.97 Å². The zero-order valence-electron chi connectivity index (χ0n) is 14.2. The Kier molecular flexibility index (Phi) is 5.31. The summed E-state index contributed by atoms with van der Waals surface area (Å²) in [6, 6.07) is 0. The zero-order chi connectivity index (χ0) is 15.5. The first-order valence-corrected chi connectivity index (χ1v) is 8.58. The van der Waals surface area contributed by atoms with Crippen LogP contribution in [0.2, 0.25) is 0 Å². The van der Waals surface area contributed by atoms with Crippen LogP contribution in [0, 0.1) is 11.3 Å². The van der Waals surface area contributed by atoms with Crippen LogP contribution in [-0.4, -0.2) is 49.7 Å². The second kappa shape index (κ2) is 6.66. The molecule has 1 N–H and O–H groups in total. The Balaban J connectivity index is 2.01. The summed E-state index contributed by atoms with van der Waals surface area (Å²) in [6.45, 7) is 10.0. The van der Waals surface area contributed by atoms with Gasteiger partial charge in [-0.3, -0.25) is 0 Å². The van der Waals surface area contributed by atoms with E-state index in [4.69, 9.17) is 4.74 Å². The monoisotopic (exact) mass is 296 g/mol. The maximum absolute atomic E-state index is 12.5. The molecule has 1 saturated heterocycles. The van der Waals surface area contributed by atoms with Crippen LogP contribution in [0.15, 0.2) is 0 Å². The fraction of sp³-hybridized carbons (Fsp3) is 0.941. The maximum atomic E-state index is 12.5. The number of hydrogen-bond donors (Lipinski definition) is 1. The van der Waals surface area contributed by atoms with Crippen molar-refractivity contribution in [2.45, 2.75) is 58.4 Å². The van der Waals surface area contributed by atoms with Gasteiger partial charge < -0.3 is 15.0 Å². The molecule has 21 heavy (non-hydrogen) atoms. The van der Waals surface area contributed by atoms with Crippen molar-refractivity contribution in [1.29, 1.82) is 0 Å². The molecule has 0 bridgehead atoms. The predicted octanol–water partition coefficient (Wildman–Crippen LogP) is 2.43. The molecular weight excluding hydrogens is 264 g/mol. The molecule has 0 aromatic carbocycles. The summed E-state index contributed by atoms with van der Waals surface area (Å²) in [6.07, 6.45) is 5.99. The van der Waals surface area contributed by atoms with Gasteiger partial charge >= 0.3 is 5.97 Å². The molecule has 1 heterocycles. The highest BCUT2D eigenvalue weighted by Crippen LogP contribution is 2.42. The SMILES string of the molecule is CCOC(=O)C(CN1CCC(C)(CC)CC1)(NC)C1CC1. The Bertz CT molecular complexity index is 360. The zero-order valence-corrected chi connectivity index (χ0v) is 14.2. The Labute approximate surface area is 129 Å². The molecule has 1 atom stereocenters. The lowest BCUT2D eigenvalue weighted by Crippen LogP contribution is -2.61. The van der Waals surface area contributed by atoms with Crippen molar-refractivity contribution in [2.24, 2.45) is 11.3 Å². The average molecular weight is 296 g/mol. The van der Waals surface area contributed by atoms with Gasteiger partial charge in [-0.15, -0.1) is 0 Å². The molecule has 0 aromatic heterocycles. The number of nitrogens with one attached hydrogen (secondary N) is 1. The lowest BCUT2D eigenvalue weighted by molar-refractivity contribution is -0.153. The maximum Gasteiger partial charge on any atom is 0.327 e. The third-order valence-corrected chi connectivity index (χ3v) is 5.75. The molecule has 0 radical (unpaired) electrons. The number of ether oxygens (including phenoxy) is 1. The highest BCUT2D eigenvalue weighted by molar-refractivity contribution is 5.82. The van der Waals surface area contributed by atoms with Crippen LogP contribution in [0.1, 0.15) is 52.9 Å². The number of nitrogens with zero attached hydrogens (tertiary/aromatic N) is 1. The molecule has 4 heteroatoms. The largest absolute Gasteiger partial charge is 0.465 e. The minimum atomic E-state index is -0.490. The minimum absolute atomic E-state index is 0.0566. The van der Waals surface area contributed by atoms with Crippen LogP contribution in [0.4, 0.5) is 0 Å². The van der Waals surface area contributed by atoms with E-state index in [1.807, 2.05) is 14.0 Å². The van der Waals surface area contributed by atoms with Crippen LogP contribution in [0.3, 0.4) is 0 Å². The highest BCUT2D eigenvalue weighted by atomic mass is 16.5.